The molecular formula is C34H42O8. The normalized spacial score (nSPS) is 22.0. The fraction of sp³-hybridized carbons (Fsp3) is 0.412. The van der Waals surface area contributed by atoms with Gasteiger partial charge in [0.25, 0.3) is 0 Å². The molecule has 3 aromatic rings. The lowest BCUT2D eigenvalue weighted by molar-refractivity contribution is -0.171. The highest BCUT2D eigenvalue weighted by molar-refractivity contribution is 5.28. The van der Waals surface area contributed by atoms with E-state index in [-0.39, 0.29) is 19.8 Å². The molecule has 4 atom stereocenters. The van der Waals surface area contributed by atoms with Crippen LogP contribution in [0.25, 0.3) is 0 Å². The summed E-state index contributed by atoms with van der Waals surface area (Å²) in [5, 5.41) is 11.2. The Kier molecular flexibility index (Phi) is 11.8. The molecule has 0 saturated carbocycles. The molecule has 1 N–H and O–H groups in total. The number of allylic oxidation sites excluding steroid dienone is 1. The SMILES string of the molecule is CCCC=C[C@]1(COCc2ccc(OC)cc2)O[C@H](O)[C@H](OCc2ccc(OC)cc2)[C@H]1OCc1ccc(OC)cc1. The predicted molar refractivity (Wildman–Crippen MR) is 160 cm³/mol. The smallest absolute Gasteiger partial charge is 0.185 e. The fourth-order valence-corrected chi connectivity index (χ4v) is 4.81. The molecule has 3 aromatic carbocycles. The van der Waals surface area contributed by atoms with Crippen molar-refractivity contribution < 1.29 is 38.3 Å². The monoisotopic (exact) mass is 578 g/mol. The van der Waals surface area contributed by atoms with Gasteiger partial charge in [-0.25, -0.2) is 0 Å². The Morgan fingerprint density at radius 1 is 0.714 bits per heavy atom. The summed E-state index contributed by atoms with van der Waals surface area (Å²) in [6.07, 6.45) is 3.19. The average molecular weight is 579 g/mol. The van der Waals surface area contributed by atoms with Gasteiger partial charge in [-0.15, -0.1) is 0 Å². The third-order valence-corrected chi connectivity index (χ3v) is 7.20. The second-order valence-corrected chi connectivity index (χ2v) is 10.2. The second-order valence-electron chi connectivity index (χ2n) is 10.2. The lowest BCUT2D eigenvalue weighted by Crippen LogP contribution is -2.48. The van der Waals surface area contributed by atoms with E-state index in [2.05, 4.69) is 13.0 Å². The quantitative estimate of drug-likeness (QED) is 0.212. The van der Waals surface area contributed by atoms with Crippen LogP contribution in [0.4, 0.5) is 0 Å². The second kappa shape index (κ2) is 15.7. The molecule has 1 fully saturated rings. The van der Waals surface area contributed by atoms with Crippen molar-refractivity contribution in [1.29, 1.82) is 0 Å². The number of methoxy groups -OCH3 is 3. The summed E-state index contributed by atoms with van der Waals surface area (Å²) in [6.45, 7) is 3.18. The van der Waals surface area contributed by atoms with Crippen molar-refractivity contribution in [3.8, 4) is 17.2 Å². The van der Waals surface area contributed by atoms with Crippen molar-refractivity contribution >= 4 is 0 Å². The third-order valence-electron chi connectivity index (χ3n) is 7.20. The summed E-state index contributed by atoms with van der Waals surface area (Å²) in [6, 6.07) is 23.0. The highest BCUT2D eigenvalue weighted by Crippen LogP contribution is 2.38. The van der Waals surface area contributed by atoms with E-state index in [1.165, 1.54) is 0 Å². The molecule has 42 heavy (non-hydrogen) atoms. The molecule has 1 aliphatic rings. The molecule has 8 heteroatoms. The molecule has 1 heterocycles. The largest absolute Gasteiger partial charge is 0.497 e. The van der Waals surface area contributed by atoms with Gasteiger partial charge in [-0.05, 0) is 59.5 Å². The van der Waals surface area contributed by atoms with Gasteiger partial charge in [0.2, 0.25) is 0 Å². The van der Waals surface area contributed by atoms with E-state index < -0.39 is 24.1 Å². The van der Waals surface area contributed by atoms with Crippen LogP contribution >= 0.6 is 0 Å². The lowest BCUT2D eigenvalue weighted by atomic mass is 9.94. The Morgan fingerprint density at radius 2 is 1.19 bits per heavy atom. The maximum atomic E-state index is 11.2. The summed E-state index contributed by atoms with van der Waals surface area (Å²) in [4.78, 5) is 0. The minimum Gasteiger partial charge on any atom is -0.497 e. The van der Waals surface area contributed by atoms with Crippen LogP contribution in [-0.4, -0.2) is 57.1 Å². The summed E-state index contributed by atoms with van der Waals surface area (Å²) in [5.74, 6) is 2.31. The summed E-state index contributed by atoms with van der Waals surface area (Å²) >= 11 is 0. The Morgan fingerprint density at radius 3 is 1.67 bits per heavy atom. The zero-order chi connectivity index (χ0) is 29.8. The minimum absolute atomic E-state index is 0.159. The zero-order valence-electron chi connectivity index (χ0n) is 24.9. The van der Waals surface area contributed by atoms with Gasteiger partial charge in [0, 0.05) is 0 Å². The van der Waals surface area contributed by atoms with Crippen LogP contribution in [0.15, 0.2) is 84.9 Å². The van der Waals surface area contributed by atoms with Gasteiger partial charge in [-0.1, -0.05) is 61.9 Å². The summed E-state index contributed by atoms with van der Waals surface area (Å²) in [7, 11) is 4.90. The van der Waals surface area contributed by atoms with Crippen LogP contribution in [0.5, 0.6) is 17.2 Å². The van der Waals surface area contributed by atoms with Crippen molar-refractivity contribution in [1.82, 2.24) is 0 Å². The van der Waals surface area contributed by atoms with Gasteiger partial charge in [0.05, 0.1) is 47.8 Å². The molecule has 0 radical (unpaired) electrons. The van der Waals surface area contributed by atoms with E-state index in [4.69, 9.17) is 33.2 Å². The first-order valence-corrected chi connectivity index (χ1v) is 14.2. The topological polar surface area (TPSA) is 84.8 Å². The first-order chi connectivity index (χ1) is 20.5. The van der Waals surface area contributed by atoms with Crippen LogP contribution in [0.1, 0.15) is 36.5 Å². The Labute approximate surface area is 248 Å². The molecule has 4 rings (SSSR count). The van der Waals surface area contributed by atoms with Crippen LogP contribution in [0, 0.1) is 0 Å². The van der Waals surface area contributed by atoms with E-state index in [1.807, 2.05) is 78.9 Å². The molecule has 1 saturated heterocycles. The molecule has 1 aliphatic heterocycles. The highest BCUT2D eigenvalue weighted by atomic mass is 16.7. The van der Waals surface area contributed by atoms with Crippen LogP contribution in [-0.2, 0) is 38.8 Å². The van der Waals surface area contributed by atoms with Gasteiger partial charge in [0.15, 0.2) is 6.29 Å². The standard InChI is InChI=1S/C34H42O8/c1-5-6-7-20-34(24-39-21-25-8-14-28(36-2)15-9-25)32(41-23-27-12-18-30(38-4)19-13-27)31(33(35)42-34)40-22-26-10-16-29(37-3)17-11-26/h7-20,31-33,35H,5-6,21-24H2,1-4H3/t31-,32-,33+,34-/m1/s1. The number of aliphatic hydroxyl groups is 1. The van der Waals surface area contributed by atoms with E-state index in [0.717, 1.165) is 46.8 Å². The van der Waals surface area contributed by atoms with Gasteiger partial charge < -0.3 is 38.3 Å². The average Bonchev–Trinajstić information content (AvgIpc) is 3.29. The first-order valence-electron chi connectivity index (χ1n) is 14.2. The molecular weight excluding hydrogens is 536 g/mol. The molecule has 0 amide bonds. The van der Waals surface area contributed by atoms with E-state index in [9.17, 15) is 5.11 Å². The Bertz CT molecular complexity index is 1230. The van der Waals surface area contributed by atoms with Gasteiger partial charge in [0.1, 0.15) is 35.1 Å². The fourth-order valence-electron chi connectivity index (χ4n) is 4.81. The van der Waals surface area contributed by atoms with Crippen molar-refractivity contribution in [3.05, 3.63) is 102 Å². The van der Waals surface area contributed by atoms with Gasteiger partial charge in [-0.3, -0.25) is 0 Å². The molecule has 226 valence electrons. The highest BCUT2D eigenvalue weighted by Gasteiger charge is 2.55. The molecule has 0 unspecified atom stereocenters. The number of hydrogen-bond donors (Lipinski definition) is 1. The summed E-state index contributed by atoms with van der Waals surface area (Å²) < 4.78 is 41.2. The van der Waals surface area contributed by atoms with Crippen molar-refractivity contribution in [2.75, 3.05) is 27.9 Å². The van der Waals surface area contributed by atoms with Gasteiger partial charge >= 0.3 is 0 Å². The Balaban J connectivity index is 1.56. The molecule has 0 spiro atoms. The number of ether oxygens (including phenoxy) is 7. The number of unbranched alkanes of at least 4 members (excludes halogenated alkanes) is 1. The van der Waals surface area contributed by atoms with Crippen molar-refractivity contribution in [3.63, 3.8) is 0 Å². The zero-order valence-corrected chi connectivity index (χ0v) is 24.9. The maximum absolute atomic E-state index is 11.2. The van der Waals surface area contributed by atoms with Crippen LogP contribution in [0.2, 0.25) is 0 Å². The molecule has 8 nitrogen and oxygen atoms in total. The van der Waals surface area contributed by atoms with Crippen LogP contribution < -0.4 is 14.2 Å². The third kappa shape index (κ3) is 8.33. The maximum Gasteiger partial charge on any atom is 0.185 e. The summed E-state index contributed by atoms with van der Waals surface area (Å²) in [5.41, 5.74) is 1.81. The van der Waals surface area contributed by atoms with E-state index in [1.54, 1.807) is 21.3 Å². The molecule has 0 aromatic heterocycles. The molecule has 0 aliphatic carbocycles. The van der Waals surface area contributed by atoms with Crippen LogP contribution in [0.3, 0.4) is 0 Å². The van der Waals surface area contributed by atoms with Crippen molar-refractivity contribution in [2.24, 2.45) is 0 Å². The minimum atomic E-state index is -1.22. The van der Waals surface area contributed by atoms with Crippen molar-refractivity contribution in [2.45, 2.75) is 63.7 Å². The van der Waals surface area contributed by atoms with Gasteiger partial charge in [-0.2, -0.15) is 0 Å². The predicted octanol–water partition coefficient (Wildman–Crippen LogP) is 5.84. The number of aliphatic hydroxyl groups excluding tert-OH is 1. The number of hydrogen-bond acceptors (Lipinski definition) is 8. The van der Waals surface area contributed by atoms with E-state index in [0.29, 0.717) is 6.61 Å². The number of benzene rings is 3. The lowest BCUT2D eigenvalue weighted by Gasteiger charge is -2.32. The Hall–Kier alpha value is -3.40. The number of rotatable bonds is 16. The first kappa shape index (κ1) is 31.5. The van der Waals surface area contributed by atoms with E-state index >= 15 is 0 Å². The molecule has 0 bridgehead atoms.